The van der Waals surface area contributed by atoms with Crippen molar-refractivity contribution in [1.82, 2.24) is 0 Å². The second-order valence-electron chi connectivity index (χ2n) is 2.45. The minimum absolute atomic E-state index is 0.0694. The number of fused-ring (bicyclic) bond motifs is 1. The van der Waals surface area contributed by atoms with Crippen molar-refractivity contribution in [2.24, 2.45) is 0 Å². The van der Waals surface area contributed by atoms with Gasteiger partial charge in [-0.3, -0.25) is 5.11 Å². The van der Waals surface area contributed by atoms with E-state index in [0.29, 0.717) is 17.1 Å². The van der Waals surface area contributed by atoms with Gasteiger partial charge >= 0.3 is 0 Å². The first kappa shape index (κ1) is 6.34. The maximum atomic E-state index is 11.3. The molecule has 0 amide bonds. The van der Waals surface area contributed by atoms with Gasteiger partial charge in [-0.2, -0.15) is 0 Å². The first-order valence-corrected chi connectivity index (χ1v) is 3.35. The fourth-order valence-electron chi connectivity index (χ4n) is 1.05. The summed E-state index contributed by atoms with van der Waals surface area (Å²) in [5.41, 5.74) is 0.689. The lowest BCUT2D eigenvalue weighted by molar-refractivity contribution is 0.169. The molecule has 1 aliphatic rings. The number of benzene rings is 1. The molecule has 57 valence electrons. The third kappa shape index (κ3) is 0.808. The van der Waals surface area contributed by atoms with Crippen LogP contribution in [0.5, 0.6) is 17.2 Å². The summed E-state index contributed by atoms with van der Waals surface area (Å²) < 4.78 is 9.99. The van der Waals surface area contributed by atoms with Crippen LogP contribution in [0.4, 0.5) is 0 Å². The van der Waals surface area contributed by atoms with Gasteiger partial charge in [-0.1, -0.05) is 6.07 Å². The van der Waals surface area contributed by atoms with E-state index < -0.39 is 0 Å². The highest BCUT2D eigenvalue weighted by Crippen LogP contribution is 2.42. The molecule has 3 heteroatoms. The minimum atomic E-state index is -0.0694. The van der Waals surface area contributed by atoms with Gasteiger partial charge in [-0.05, 0) is 13.0 Å². The van der Waals surface area contributed by atoms with Crippen molar-refractivity contribution in [3.05, 3.63) is 17.7 Å². The van der Waals surface area contributed by atoms with Crippen LogP contribution in [0, 0.1) is 6.92 Å². The van der Waals surface area contributed by atoms with Crippen LogP contribution < -0.4 is 9.47 Å². The van der Waals surface area contributed by atoms with Crippen molar-refractivity contribution in [1.29, 1.82) is 0 Å². The van der Waals surface area contributed by atoms with Crippen LogP contribution in [0.1, 0.15) is 5.56 Å². The Hall–Kier alpha value is -1.38. The molecule has 0 saturated heterocycles. The lowest BCUT2D eigenvalue weighted by Crippen LogP contribution is -1.93. The summed E-state index contributed by atoms with van der Waals surface area (Å²) >= 11 is 0. The molecule has 1 aliphatic heterocycles. The van der Waals surface area contributed by atoms with Crippen LogP contribution >= 0.6 is 0 Å². The molecule has 0 spiro atoms. The number of ether oxygens (including phenoxy) is 2. The number of hydrogen-bond donors (Lipinski definition) is 0. The lowest BCUT2D eigenvalue weighted by Gasteiger charge is -1.98. The fourth-order valence-corrected chi connectivity index (χ4v) is 1.05. The number of hydrogen-bond acceptors (Lipinski definition) is 2. The lowest BCUT2D eigenvalue weighted by atomic mass is 10.2. The molecule has 1 radical (unpaired) electrons. The molecule has 1 aromatic rings. The van der Waals surface area contributed by atoms with Crippen LogP contribution in [-0.2, 0) is 5.11 Å². The molecule has 0 aromatic heterocycles. The smallest absolute Gasteiger partial charge is 0.231 e. The minimum Gasteiger partial charge on any atom is -0.453 e. The normalized spacial score (nSPS) is 13.5. The van der Waals surface area contributed by atoms with E-state index in [0.717, 1.165) is 0 Å². The Morgan fingerprint density at radius 3 is 3.00 bits per heavy atom. The van der Waals surface area contributed by atoms with E-state index in [-0.39, 0.29) is 12.5 Å². The Morgan fingerprint density at radius 1 is 1.36 bits per heavy atom. The SMILES string of the molecule is Cc1ccc2c(c1[O])OCO2. The van der Waals surface area contributed by atoms with Crippen LogP contribution in [0.2, 0.25) is 0 Å². The predicted molar refractivity (Wildman–Crippen MR) is 37.4 cm³/mol. The summed E-state index contributed by atoms with van der Waals surface area (Å²) in [5.74, 6) is 0.839. The molecule has 3 nitrogen and oxygen atoms in total. The quantitative estimate of drug-likeness (QED) is 0.567. The molecular weight excluding hydrogens is 144 g/mol. The first-order chi connectivity index (χ1) is 5.29. The molecule has 11 heavy (non-hydrogen) atoms. The molecule has 2 rings (SSSR count). The molecule has 0 atom stereocenters. The van der Waals surface area contributed by atoms with E-state index in [1.54, 1.807) is 19.1 Å². The van der Waals surface area contributed by atoms with E-state index in [4.69, 9.17) is 9.47 Å². The Morgan fingerprint density at radius 2 is 2.18 bits per heavy atom. The van der Waals surface area contributed by atoms with Crippen LogP contribution in [0.3, 0.4) is 0 Å². The Balaban J connectivity index is 2.62. The van der Waals surface area contributed by atoms with E-state index in [1.165, 1.54) is 0 Å². The Labute approximate surface area is 64.2 Å². The third-order valence-corrected chi connectivity index (χ3v) is 1.69. The first-order valence-electron chi connectivity index (χ1n) is 3.35. The van der Waals surface area contributed by atoms with Crippen molar-refractivity contribution in [2.75, 3.05) is 6.79 Å². The average Bonchev–Trinajstić information content (AvgIpc) is 2.45. The van der Waals surface area contributed by atoms with Gasteiger partial charge in [0.05, 0.1) is 0 Å². The highest BCUT2D eigenvalue weighted by molar-refractivity contribution is 5.55. The van der Waals surface area contributed by atoms with Gasteiger partial charge in [-0.15, -0.1) is 0 Å². The summed E-state index contributed by atoms with van der Waals surface area (Å²) in [4.78, 5) is 0. The van der Waals surface area contributed by atoms with Crippen LogP contribution in [-0.4, -0.2) is 6.79 Å². The topological polar surface area (TPSA) is 38.4 Å². The Bertz CT molecular complexity index is 294. The number of rotatable bonds is 0. The summed E-state index contributed by atoms with van der Waals surface area (Å²) in [7, 11) is 0. The monoisotopic (exact) mass is 151 g/mol. The van der Waals surface area contributed by atoms with Gasteiger partial charge in [0, 0.05) is 5.56 Å². The van der Waals surface area contributed by atoms with E-state index in [9.17, 15) is 5.11 Å². The Kier molecular flexibility index (Phi) is 1.18. The molecule has 0 aliphatic carbocycles. The highest BCUT2D eigenvalue weighted by Gasteiger charge is 2.19. The zero-order chi connectivity index (χ0) is 7.84. The fraction of sp³-hybridized carbons (Fsp3) is 0.250. The van der Waals surface area contributed by atoms with Gasteiger partial charge in [0.2, 0.25) is 18.3 Å². The molecule has 0 fully saturated rings. The molecule has 0 saturated carbocycles. The van der Waals surface area contributed by atoms with Gasteiger partial charge < -0.3 is 9.47 Å². The average molecular weight is 151 g/mol. The molecule has 0 N–H and O–H groups in total. The van der Waals surface area contributed by atoms with Crippen molar-refractivity contribution >= 4 is 0 Å². The number of aryl methyl sites for hydroxylation is 1. The second kappa shape index (κ2) is 2.05. The van der Waals surface area contributed by atoms with E-state index in [1.807, 2.05) is 0 Å². The van der Waals surface area contributed by atoms with Gasteiger partial charge in [0.1, 0.15) is 0 Å². The van der Waals surface area contributed by atoms with Crippen LogP contribution in [0.25, 0.3) is 0 Å². The van der Waals surface area contributed by atoms with Gasteiger partial charge in [0.15, 0.2) is 5.75 Å². The standard InChI is InChI=1S/C8H7O3/c1-5-2-3-6-8(7(5)9)11-4-10-6/h2-3H,4H2,1H3. The zero-order valence-corrected chi connectivity index (χ0v) is 6.09. The molecular formula is C8H7O3. The molecule has 1 heterocycles. The largest absolute Gasteiger partial charge is 0.453 e. The third-order valence-electron chi connectivity index (χ3n) is 1.69. The van der Waals surface area contributed by atoms with Gasteiger partial charge in [0.25, 0.3) is 0 Å². The van der Waals surface area contributed by atoms with E-state index in [2.05, 4.69) is 0 Å². The predicted octanol–water partition coefficient (Wildman–Crippen LogP) is 1.87. The van der Waals surface area contributed by atoms with Crippen molar-refractivity contribution in [3.63, 3.8) is 0 Å². The van der Waals surface area contributed by atoms with Crippen LogP contribution in [0.15, 0.2) is 12.1 Å². The molecule has 0 bridgehead atoms. The zero-order valence-electron chi connectivity index (χ0n) is 6.09. The molecule has 0 unspecified atom stereocenters. The summed E-state index contributed by atoms with van der Waals surface area (Å²) in [6.45, 7) is 1.92. The van der Waals surface area contributed by atoms with Crippen molar-refractivity contribution < 1.29 is 14.6 Å². The molecule has 1 aromatic carbocycles. The van der Waals surface area contributed by atoms with Crippen molar-refractivity contribution in [3.8, 4) is 17.2 Å². The summed E-state index contributed by atoms with van der Waals surface area (Å²) in [6.07, 6.45) is 0. The second-order valence-corrected chi connectivity index (χ2v) is 2.45. The maximum absolute atomic E-state index is 11.3. The highest BCUT2D eigenvalue weighted by atomic mass is 16.7. The summed E-state index contributed by atoms with van der Waals surface area (Å²) in [6, 6.07) is 3.48. The van der Waals surface area contributed by atoms with E-state index >= 15 is 0 Å². The summed E-state index contributed by atoms with van der Waals surface area (Å²) in [5, 5.41) is 11.3. The van der Waals surface area contributed by atoms with Crippen molar-refractivity contribution in [2.45, 2.75) is 6.92 Å². The maximum Gasteiger partial charge on any atom is 0.231 e. The van der Waals surface area contributed by atoms with Gasteiger partial charge in [-0.25, -0.2) is 0 Å².